The van der Waals surface area contributed by atoms with E-state index < -0.39 is 0 Å². The Hall–Kier alpha value is -0.630. The average Bonchev–Trinajstić information content (AvgIpc) is 2.45. The van der Waals surface area contributed by atoms with Gasteiger partial charge in [-0.25, -0.2) is 0 Å². The highest BCUT2D eigenvalue weighted by Crippen LogP contribution is 2.25. The van der Waals surface area contributed by atoms with Crippen molar-refractivity contribution < 1.29 is 4.74 Å². The first-order valence-corrected chi connectivity index (χ1v) is 8.38. The molecule has 1 atom stereocenters. The Labute approximate surface area is 146 Å². The SMILES string of the molecule is COc1ccccc1C=NC(C)c1ccc(I)cc1I. The minimum absolute atomic E-state index is 0.129. The molecular formula is C16H15I2NO. The number of halogens is 2. The highest BCUT2D eigenvalue weighted by Gasteiger charge is 2.08. The summed E-state index contributed by atoms with van der Waals surface area (Å²) in [6.45, 7) is 2.11. The molecule has 0 aliphatic rings. The van der Waals surface area contributed by atoms with Gasteiger partial charge in [-0.1, -0.05) is 18.2 Å². The van der Waals surface area contributed by atoms with Gasteiger partial charge in [-0.15, -0.1) is 0 Å². The average molecular weight is 491 g/mol. The second-order valence-electron chi connectivity index (χ2n) is 4.36. The molecule has 4 heteroatoms. The number of methoxy groups -OCH3 is 1. The zero-order valence-electron chi connectivity index (χ0n) is 11.3. The molecule has 0 amide bonds. The Balaban J connectivity index is 2.22. The molecule has 0 N–H and O–H groups in total. The van der Waals surface area contributed by atoms with Crippen LogP contribution in [0, 0.1) is 7.14 Å². The number of aliphatic imine (C=N–C) groups is 1. The summed E-state index contributed by atoms with van der Waals surface area (Å²) in [5.74, 6) is 0.848. The molecule has 0 aliphatic carbocycles. The van der Waals surface area contributed by atoms with Crippen LogP contribution in [0.3, 0.4) is 0 Å². The monoisotopic (exact) mass is 491 g/mol. The minimum Gasteiger partial charge on any atom is -0.496 e. The molecule has 2 rings (SSSR count). The molecule has 1 unspecified atom stereocenters. The summed E-state index contributed by atoms with van der Waals surface area (Å²) < 4.78 is 7.83. The maximum atomic E-state index is 5.33. The third kappa shape index (κ3) is 3.94. The first kappa shape index (κ1) is 15.8. The van der Waals surface area contributed by atoms with E-state index in [-0.39, 0.29) is 6.04 Å². The van der Waals surface area contributed by atoms with Crippen molar-refractivity contribution in [2.45, 2.75) is 13.0 Å². The normalized spacial score (nSPS) is 12.6. The molecule has 2 nitrogen and oxygen atoms in total. The fraction of sp³-hybridized carbons (Fsp3) is 0.188. The number of hydrogen-bond donors (Lipinski definition) is 0. The van der Waals surface area contributed by atoms with Crippen molar-refractivity contribution in [2.75, 3.05) is 7.11 Å². The number of nitrogens with zero attached hydrogens (tertiary/aromatic N) is 1. The molecule has 0 saturated carbocycles. The van der Waals surface area contributed by atoms with E-state index in [4.69, 9.17) is 4.74 Å². The van der Waals surface area contributed by atoms with Crippen molar-refractivity contribution >= 4 is 51.4 Å². The largest absolute Gasteiger partial charge is 0.496 e. The first-order chi connectivity index (χ1) is 9.61. The van der Waals surface area contributed by atoms with Gasteiger partial charge < -0.3 is 4.74 Å². The smallest absolute Gasteiger partial charge is 0.127 e. The summed E-state index contributed by atoms with van der Waals surface area (Å²) in [7, 11) is 1.68. The Kier molecular flexibility index (Phi) is 5.83. The van der Waals surface area contributed by atoms with Crippen LogP contribution in [0.1, 0.15) is 24.1 Å². The van der Waals surface area contributed by atoms with Crippen molar-refractivity contribution in [3.63, 3.8) is 0 Å². The maximum absolute atomic E-state index is 5.33. The Bertz CT molecular complexity index is 626. The number of para-hydroxylation sites is 1. The zero-order chi connectivity index (χ0) is 14.5. The number of ether oxygens (including phenoxy) is 1. The van der Waals surface area contributed by atoms with Gasteiger partial charge in [-0.05, 0) is 81.9 Å². The fourth-order valence-corrected chi connectivity index (χ4v) is 3.94. The van der Waals surface area contributed by atoms with Crippen LogP contribution in [0.25, 0.3) is 0 Å². The Morgan fingerprint density at radius 2 is 1.90 bits per heavy atom. The van der Waals surface area contributed by atoms with Crippen LogP contribution >= 0.6 is 45.2 Å². The van der Waals surface area contributed by atoms with Crippen LogP contribution in [0.2, 0.25) is 0 Å². The van der Waals surface area contributed by atoms with Gasteiger partial charge in [0.05, 0.1) is 13.2 Å². The minimum atomic E-state index is 0.129. The zero-order valence-corrected chi connectivity index (χ0v) is 15.6. The summed E-state index contributed by atoms with van der Waals surface area (Å²) >= 11 is 4.69. The van der Waals surface area contributed by atoms with Crippen molar-refractivity contribution in [3.05, 3.63) is 60.7 Å². The molecule has 0 aromatic heterocycles. The van der Waals surface area contributed by atoms with Crippen LogP contribution < -0.4 is 4.74 Å². The summed E-state index contributed by atoms with van der Waals surface area (Å²) in [5.41, 5.74) is 2.25. The third-order valence-electron chi connectivity index (χ3n) is 2.99. The Morgan fingerprint density at radius 1 is 1.15 bits per heavy atom. The van der Waals surface area contributed by atoms with Crippen LogP contribution in [-0.4, -0.2) is 13.3 Å². The van der Waals surface area contributed by atoms with E-state index in [0.717, 1.165) is 11.3 Å². The van der Waals surface area contributed by atoms with Gasteiger partial charge in [0, 0.05) is 18.9 Å². The van der Waals surface area contributed by atoms with E-state index in [1.165, 1.54) is 12.7 Å². The van der Waals surface area contributed by atoms with Crippen molar-refractivity contribution in [2.24, 2.45) is 4.99 Å². The number of benzene rings is 2. The molecule has 104 valence electrons. The van der Waals surface area contributed by atoms with E-state index in [1.807, 2.05) is 30.5 Å². The molecule has 20 heavy (non-hydrogen) atoms. The van der Waals surface area contributed by atoms with Crippen LogP contribution in [-0.2, 0) is 0 Å². The predicted octanol–water partition coefficient (Wildman–Crippen LogP) is 5.08. The lowest BCUT2D eigenvalue weighted by molar-refractivity contribution is 0.414. The molecule has 2 aromatic rings. The van der Waals surface area contributed by atoms with E-state index in [9.17, 15) is 0 Å². The molecule has 0 heterocycles. The number of hydrogen-bond acceptors (Lipinski definition) is 2. The van der Waals surface area contributed by atoms with Gasteiger partial charge >= 0.3 is 0 Å². The predicted molar refractivity (Wildman–Crippen MR) is 101 cm³/mol. The number of rotatable bonds is 4. The van der Waals surface area contributed by atoms with Crippen molar-refractivity contribution in [1.82, 2.24) is 0 Å². The lowest BCUT2D eigenvalue weighted by Crippen LogP contribution is -1.96. The highest BCUT2D eigenvalue weighted by molar-refractivity contribution is 14.1. The van der Waals surface area contributed by atoms with Crippen LogP contribution in [0.5, 0.6) is 5.75 Å². The second-order valence-corrected chi connectivity index (χ2v) is 6.77. The van der Waals surface area contributed by atoms with Crippen LogP contribution in [0.15, 0.2) is 47.5 Å². The molecule has 0 radical (unpaired) electrons. The summed E-state index contributed by atoms with van der Waals surface area (Å²) in [5, 5.41) is 0. The summed E-state index contributed by atoms with van der Waals surface area (Å²) in [6.07, 6.45) is 1.89. The van der Waals surface area contributed by atoms with E-state index >= 15 is 0 Å². The second kappa shape index (κ2) is 7.40. The molecule has 2 aromatic carbocycles. The van der Waals surface area contributed by atoms with Crippen molar-refractivity contribution in [3.8, 4) is 5.75 Å². The van der Waals surface area contributed by atoms with E-state index in [0.29, 0.717) is 0 Å². The fourth-order valence-electron chi connectivity index (χ4n) is 1.89. The quantitative estimate of drug-likeness (QED) is 0.432. The maximum Gasteiger partial charge on any atom is 0.127 e. The summed E-state index contributed by atoms with van der Waals surface area (Å²) in [6, 6.07) is 14.5. The van der Waals surface area contributed by atoms with Gasteiger partial charge in [-0.3, -0.25) is 4.99 Å². The molecule has 0 saturated heterocycles. The topological polar surface area (TPSA) is 21.6 Å². The summed E-state index contributed by atoms with van der Waals surface area (Å²) in [4.78, 5) is 4.65. The van der Waals surface area contributed by atoms with Gasteiger partial charge in [0.15, 0.2) is 0 Å². The van der Waals surface area contributed by atoms with Gasteiger partial charge in [0.25, 0.3) is 0 Å². The van der Waals surface area contributed by atoms with Crippen molar-refractivity contribution in [1.29, 1.82) is 0 Å². The van der Waals surface area contributed by atoms with E-state index in [1.54, 1.807) is 7.11 Å². The highest BCUT2D eigenvalue weighted by atomic mass is 127. The Morgan fingerprint density at radius 3 is 2.60 bits per heavy atom. The van der Waals surface area contributed by atoms with Gasteiger partial charge in [-0.2, -0.15) is 0 Å². The first-order valence-electron chi connectivity index (χ1n) is 6.23. The van der Waals surface area contributed by atoms with Crippen LogP contribution in [0.4, 0.5) is 0 Å². The standard InChI is InChI=1S/C16H15I2NO/c1-11(14-8-7-13(17)9-15(14)18)19-10-12-5-3-4-6-16(12)20-2/h3-11H,1-2H3. The lowest BCUT2D eigenvalue weighted by atomic mass is 10.1. The molecule has 0 spiro atoms. The van der Waals surface area contributed by atoms with E-state index in [2.05, 4.69) is 75.3 Å². The third-order valence-corrected chi connectivity index (χ3v) is 4.59. The molecule has 0 bridgehead atoms. The molecule has 0 fully saturated rings. The molecule has 0 aliphatic heterocycles. The van der Waals surface area contributed by atoms with Gasteiger partial charge in [0.1, 0.15) is 5.75 Å². The molecular weight excluding hydrogens is 476 g/mol. The lowest BCUT2D eigenvalue weighted by Gasteiger charge is -2.10. The van der Waals surface area contributed by atoms with Gasteiger partial charge in [0.2, 0.25) is 0 Å².